The molecule has 0 aliphatic heterocycles. The van der Waals surface area contributed by atoms with Crippen molar-refractivity contribution >= 4 is 34.0 Å². The number of nitriles is 1. The Labute approximate surface area is 171 Å². The molecule has 1 saturated carbocycles. The van der Waals surface area contributed by atoms with E-state index in [-0.39, 0.29) is 11.2 Å². The molecule has 0 spiro atoms. The smallest absolute Gasteiger partial charge is 0.238 e. The quantitative estimate of drug-likeness (QED) is 0.590. The van der Waals surface area contributed by atoms with Gasteiger partial charge in [-0.25, -0.2) is 0 Å². The molecule has 1 atom stereocenters. The van der Waals surface area contributed by atoms with Gasteiger partial charge in [0.1, 0.15) is 16.9 Å². The molecular formula is C20H19N5OS2. The maximum Gasteiger partial charge on any atom is 0.238 e. The Morgan fingerprint density at radius 1 is 1.36 bits per heavy atom. The Hall–Kier alpha value is -2.63. The lowest BCUT2D eigenvalue weighted by atomic mass is 10.2. The highest BCUT2D eigenvalue weighted by molar-refractivity contribution is 8.00. The second-order valence-corrected chi connectivity index (χ2v) is 8.94. The standard InChI is InChI=1S/C20H19N5OS2/c1-13(18(26)22-19-16(11-21)9-10-27-19)28-20-24-23-17(15-7-8-15)25(20)12-14-5-3-2-4-6-14/h2-6,9-10,13,15H,7-8,12H2,1H3,(H,22,26)/t13-/m0/s1. The van der Waals surface area contributed by atoms with Crippen LogP contribution in [0.2, 0.25) is 0 Å². The van der Waals surface area contributed by atoms with Gasteiger partial charge < -0.3 is 9.88 Å². The fourth-order valence-electron chi connectivity index (χ4n) is 2.86. The third kappa shape index (κ3) is 4.11. The van der Waals surface area contributed by atoms with Crippen molar-refractivity contribution in [2.24, 2.45) is 0 Å². The van der Waals surface area contributed by atoms with Gasteiger partial charge in [0, 0.05) is 5.92 Å². The summed E-state index contributed by atoms with van der Waals surface area (Å²) in [5.41, 5.74) is 1.67. The van der Waals surface area contributed by atoms with Crippen LogP contribution in [-0.4, -0.2) is 25.9 Å². The van der Waals surface area contributed by atoms with Gasteiger partial charge in [0.2, 0.25) is 5.91 Å². The molecule has 28 heavy (non-hydrogen) atoms. The average molecular weight is 410 g/mol. The highest BCUT2D eigenvalue weighted by atomic mass is 32.2. The molecule has 1 amide bonds. The van der Waals surface area contributed by atoms with Crippen LogP contribution in [0.25, 0.3) is 0 Å². The van der Waals surface area contributed by atoms with E-state index in [2.05, 4.69) is 38.3 Å². The van der Waals surface area contributed by atoms with E-state index in [4.69, 9.17) is 5.26 Å². The maximum absolute atomic E-state index is 12.6. The van der Waals surface area contributed by atoms with Crippen molar-refractivity contribution in [3.63, 3.8) is 0 Å². The number of thiophene rings is 1. The molecule has 1 fully saturated rings. The Morgan fingerprint density at radius 3 is 2.86 bits per heavy atom. The molecule has 4 rings (SSSR count). The van der Waals surface area contributed by atoms with Crippen LogP contribution in [0, 0.1) is 11.3 Å². The fourth-order valence-corrected chi connectivity index (χ4v) is 4.46. The van der Waals surface area contributed by atoms with Gasteiger partial charge in [0.25, 0.3) is 0 Å². The SMILES string of the molecule is C[C@H](Sc1nnc(C2CC2)n1Cc1ccccc1)C(=O)Nc1sccc1C#N. The number of anilines is 1. The number of carbonyl (C=O) groups is 1. The lowest BCUT2D eigenvalue weighted by Crippen LogP contribution is -2.23. The first-order valence-electron chi connectivity index (χ1n) is 9.08. The Morgan fingerprint density at radius 2 is 2.14 bits per heavy atom. The Balaban J connectivity index is 1.51. The average Bonchev–Trinajstić information content (AvgIpc) is 3.34. The third-order valence-electron chi connectivity index (χ3n) is 4.55. The van der Waals surface area contributed by atoms with Crippen molar-refractivity contribution in [3.05, 3.63) is 58.7 Å². The minimum Gasteiger partial charge on any atom is -0.316 e. The van der Waals surface area contributed by atoms with E-state index in [0.717, 1.165) is 23.8 Å². The topological polar surface area (TPSA) is 83.6 Å². The summed E-state index contributed by atoms with van der Waals surface area (Å²) in [6.07, 6.45) is 2.28. The van der Waals surface area contributed by atoms with Gasteiger partial charge >= 0.3 is 0 Å². The van der Waals surface area contributed by atoms with E-state index in [1.807, 2.05) is 25.1 Å². The van der Waals surface area contributed by atoms with Crippen LogP contribution in [-0.2, 0) is 11.3 Å². The van der Waals surface area contributed by atoms with Crippen LogP contribution in [0.4, 0.5) is 5.00 Å². The summed E-state index contributed by atoms with van der Waals surface area (Å²) in [6.45, 7) is 2.54. The molecule has 1 aliphatic carbocycles. The van der Waals surface area contributed by atoms with Crippen molar-refractivity contribution < 1.29 is 4.79 Å². The zero-order valence-electron chi connectivity index (χ0n) is 15.3. The molecule has 0 radical (unpaired) electrons. The molecule has 2 heterocycles. The van der Waals surface area contributed by atoms with Crippen LogP contribution in [0.5, 0.6) is 0 Å². The summed E-state index contributed by atoms with van der Waals surface area (Å²) < 4.78 is 2.13. The Kier molecular flexibility index (Phi) is 5.46. The summed E-state index contributed by atoms with van der Waals surface area (Å²) in [5.74, 6) is 1.33. The summed E-state index contributed by atoms with van der Waals surface area (Å²) >= 11 is 2.75. The Bertz CT molecular complexity index is 1020. The largest absolute Gasteiger partial charge is 0.316 e. The van der Waals surface area contributed by atoms with E-state index < -0.39 is 0 Å². The molecule has 142 valence electrons. The third-order valence-corrected chi connectivity index (χ3v) is 6.46. The molecule has 3 aromatic rings. The summed E-state index contributed by atoms with van der Waals surface area (Å²) in [5, 5.41) is 23.5. The van der Waals surface area contributed by atoms with E-state index in [9.17, 15) is 4.79 Å². The van der Waals surface area contributed by atoms with Gasteiger partial charge in [0.15, 0.2) is 5.16 Å². The summed E-state index contributed by atoms with van der Waals surface area (Å²) in [7, 11) is 0. The predicted octanol–water partition coefficient (Wildman–Crippen LogP) is 4.26. The number of hydrogen-bond acceptors (Lipinski definition) is 6. The normalized spacial score (nSPS) is 14.4. The molecule has 1 aromatic carbocycles. The zero-order valence-corrected chi connectivity index (χ0v) is 17.0. The molecule has 6 nitrogen and oxygen atoms in total. The number of thioether (sulfide) groups is 1. The van der Waals surface area contributed by atoms with Gasteiger partial charge in [-0.1, -0.05) is 42.1 Å². The second-order valence-electron chi connectivity index (χ2n) is 6.71. The molecule has 1 N–H and O–H groups in total. The second kappa shape index (κ2) is 8.17. The molecule has 0 unspecified atom stereocenters. The number of rotatable bonds is 7. The first kappa shape index (κ1) is 18.7. The van der Waals surface area contributed by atoms with Crippen molar-refractivity contribution in [2.75, 3.05) is 5.32 Å². The molecule has 1 aliphatic rings. The van der Waals surface area contributed by atoms with Crippen LogP contribution in [0.1, 0.15) is 42.6 Å². The van der Waals surface area contributed by atoms with Gasteiger partial charge in [-0.2, -0.15) is 5.26 Å². The predicted molar refractivity (Wildman–Crippen MR) is 111 cm³/mol. The summed E-state index contributed by atoms with van der Waals surface area (Å²) in [4.78, 5) is 12.6. The van der Waals surface area contributed by atoms with Gasteiger partial charge in [-0.05, 0) is 36.8 Å². The molecule has 8 heteroatoms. The maximum atomic E-state index is 12.6. The number of nitrogens with zero attached hydrogens (tertiary/aromatic N) is 4. The molecule has 0 bridgehead atoms. The summed E-state index contributed by atoms with van der Waals surface area (Å²) in [6, 6.07) is 14.0. The van der Waals surface area contributed by atoms with Crippen molar-refractivity contribution in [2.45, 2.75) is 42.6 Å². The van der Waals surface area contributed by atoms with Gasteiger partial charge in [-0.3, -0.25) is 4.79 Å². The molecule has 0 saturated heterocycles. The van der Waals surface area contributed by atoms with E-state index in [0.29, 0.717) is 23.0 Å². The minimum absolute atomic E-state index is 0.147. The molecular weight excluding hydrogens is 390 g/mol. The first-order valence-corrected chi connectivity index (χ1v) is 10.8. The van der Waals surface area contributed by atoms with Crippen molar-refractivity contribution in [1.82, 2.24) is 14.8 Å². The first-order chi connectivity index (χ1) is 13.7. The number of carbonyl (C=O) groups excluding carboxylic acids is 1. The van der Waals surface area contributed by atoms with Crippen molar-refractivity contribution in [1.29, 1.82) is 5.26 Å². The lowest BCUT2D eigenvalue weighted by molar-refractivity contribution is -0.115. The zero-order chi connectivity index (χ0) is 19.5. The van der Waals surface area contributed by atoms with Crippen LogP contribution < -0.4 is 5.32 Å². The molecule has 2 aromatic heterocycles. The monoisotopic (exact) mass is 409 g/mol. The van der Waals surface area contributed by atoms with Crippen molar-refractivity contribution in [3.8, 4) is 6.07 Å². The number of nitrogens with one attached hydrogen (secondary N) is 1. The van der Waals surface area contributed by atoms with Gasteiger partial charge in [0.05, 0.1) is 17.4 Å². The highest BCUT2D eigenvalue weighted by Crippen LogP contribution is 2.40. The number of amides is 1. The minimum atomic E-state index is -0.362. The lowest BCUT2D eigenvalue weighted by Gasteiger charge is -2.13. The number of aromatic nitrogens is 3. The van der Waals surface area contributed by atoms with E-state index in [1.165, 1.54) is 28.7 Å². The highest BCUT2D eigenvalue weighted by Gasteiger charge is 2.31. The van der Waals surface area contributed by atoms with Gasteiger partial charge in [-0.15, -0.1) is 21.5 Å². The van der Waals surface area contributed by atoms with Crippen LogP contribution in [0.15, 0.2) is 46.9 Å². The van der Waals surface area contributed by atoms with E-state index >= 15 is 0 Å². The fraction of sp³-hybridized carbons (Fsp3) is 0.300. The number of hydrogen-bond donors (Lipinski definition) is 1. The van der Waals surface area contributed by atoms with E-state index in [1.54, 1.807) is 11.4 Å². The van der Waals surface area contributed by atoms with Crippen LogP contribution >= 0.6 is 23.1 Å². The van der Waals surface area contributed by atoms with Crippen LogP contribution in [0.3, 0.4) is 0 Å². The number of benzene rings is 1.